The summed E-state index contributed by atoms with van der Waals surface area (Å²) in [7, 11) is 0. The number of rotatable bonds is 6. The van der Waals surface area contributed by atoms with Crippen molar-refractivity contribution < 1.29 is 14.0 Å². The number of aryl methyl sites for hydroxylation is 1. The smallest absolute Gasteiger partial charge is 0.274 e. The van der Waals surface area contributed by atoms with Gasteiger partial charge in [-0.1, -0.05) is 12.1 Å². The Labute approximate surface area is 163 Å². The molecule has 0 spiro atoms. The molecular weight excluding hydrogens is 447 g/mol. The van der Waals surface area contributed by atoms with Crippen molar-refractivity contribution in [3.8, 4) is 0 Å². The third-order valence-electron chi connectivity index (χ3n) is 3.67. The molecule has 0 fully saturated rings. The van der Waals surface area contributed by atoms with Crippen LogP contribution < -0.4 is 10.6 Å². The highest BCUT2D eigenvalue weighted by atomic mass is 127. The molecule has 2 heterocycles. The molecule has 0 bridgehead atoms. The first-order valence-corrected chi connectivity index (χ1v) is 9.10. The average molecular weight is 464 g/mol. The van der Waals surface area contributed by atoms with Crippen molar-refractivity contribution in [1.82, 2.24) is 15.1 Å². The lowest BCUT2D eigenvalue weighted by atomic mass is 10.2. The zero-order chi connectivity index (χ0) is 18.5. The lowest BCUT2D eigenvalue weighted by Gasteiger charge is -2.07. The molecule has 134 valence electrons. The van der Waals surface area contributed by atoms with Gasteiger partial charge in [-0.15, -0.1) is 0 Å². The Balaban J connectivity index is 1.78. The van der Waals surface area contributed by atoms with E-state index in [0.29, 0.717) is 23.6 Å². The van der Waals surface area contributed by atoms with E-state index in [4.69, 9.17) is 4.42 Å². The average Bonchev–Trinajstić information content (AvgIpc) is 3.29. The van der Waals surface area contributed by atoms with Gasteiger partial charge >= 0.3 is 0 Å². The Morgan fingerprint density at radius 1 is 1.19 bits per heavy atom. The van der Waals surface area contributed by atoms with Crippen molar-refractivity contribution in [3.63, 3.8) is 0 Å². The maximum atomic E-state index is 12.6. The fourth-order valence-electron chi connectivity index (χ4n) is 2.34. The SMILES string of the molecule is CCn1cc(NC(=O)c2ccccc2I)c(C(=O)NCc2ccco2)n1. The molecule has 0 saturated heterocycles. The third kappa shape index (κ3) is 4.13. The topological polar surface area (TPSA) is 89.2 Å². The summed E-state index contributed by atoms with van der Waals surface area (Å²) < 4.78 is 7.63. The second-order valence-corrected chi connectivity index (χ2v) is 6.61. The van der Waals surface area contributed by atoms with Crippen molar-refractivity contribution in [3.05, 3.63) is 69.4 Å². The second kappa shape index (κ2) is 8.17. The minimum atomic E-state index is -0.383. The number of hydrogen-bond acceptors (Lipinski definition) is 4. The van der Waals surface area contributed by atoms with Crippen LogP contribution in [0.25, 0.3) is 0 Å². The van der Waals surface area contributed by atoms with E-state index in [0.717, 1.165) is 3.57 Å². The van der Waals surface area contributed by atoms with Crippen LogP contribution in [0.1, 0.15) is 33.5 Å². The molecule has 3 aromatic rings. The maximum Gasteiger partial charge on any atom is 0.274 e. The second-order valence-electron chi connectivity index (χ2n) is 5.44. The molecule has 3 rings (SSSR count). The Kier molecular flexibility index (Phi) is 5.71. The normalized spacial score (nSPS) is 10.5. The van der Waals surface area contributed by atoms with Gasteiger partial charge in [0, 0.05) is 16.3 Å². The molecule has 8 heteroatoms. The zero-order valence-electron chi connectivity index (χ0n) is 14.0. The van der Waals surface area contributed by atoms with Gasteiger partial charge in [0.2, 0.25) is 0 Å². The molecule has 1 aromatic carbocycles. The number of nitrogens with one attached hydrogen (secondary N) is 2. The van der Waals surface area contributed by atoms with E-state index in [1.165, 1.54) is 0 Å². The molecule has 0 aliphatic heterocycles. The van der Waals surface area contributed by atoms with Crippen LogP contribution in [0.5, 0.6) is 0 Å². The van der Waals surface area contributed by atoms with Crippen LogP contribution >= 0.6 is 22.6 Å². The van der Waals surface area contributed by atoms with Crippen LogP contribution in [-0.2, 0) is 13.1 Å². The number of carbonyl (C=O) groups excluding carboxylic acids is 2. The van der Waals surface area contributed by atoms with Crippen molar-refractivity contribution >= 4 is 40.1 Å². The summed E-state index contributed by atoms with van der Waals surface area (Å²) in [6, 6.07) is 10.8. The van der Waals surface area contributed by atoms with E-state index < -0.39 is 0 Å². The van der Waals surface area contributed by atoms with Crippen molar-refractivity contribution in [2.75, 3.05) is 5.32 Å². The van der Waals surface area contributed by atoms with Gasteiger partial charge in [-0.25, -0.2) is 0 Å². The first-order valence-electron chi connectivity index (χ1n) is 8.02. The lowest BCUT2D eigenvalue weighted by Crippen LogP contribution is -2.25. The number of furan rings is 1. The summed E-state index contributed by atoms with van der Waals surface area (Å²) >= 11 is 2.10. The molecule has 26 heavy (non-hydrogen) atoms. The van der Waals surface area contributed by atoms with E-state index in [1.807, 2.05) is 19.1 Å². The molecule has 0 atom stereocenters. The monoisotopic (exact) mass is 464 g/mol. The van der Waals surface area contributed by atoms with Crippen molar-refractivity contribution in [1.29, 1.82) is 0 Å². The Morgan fingerprint density at radius 3 is 2.69 bits per heavy atom. The van der Waals surface area contributed by atoms with Gasteiger partial charge in [-0.05, 0) is 53.8 Å². The molecule has 7 nitrogen and oxygen atoms in total. The Hall–Kier alpha value is -2.62. The number of hydrogen-bond donors (Lipinski definition) is 2. The molecule has 0 saturated carbocycles. The highest BCUT2D eigenvalue weighted by Gasteiger charge is 2.20. The van der Waals surface area contributed by atoms with Crippen LogP contribution in [0.2, 0.25) is 0 Å². The molecule has 0 unspecified atom stereocenters. The number of carbonyl (C=O) groups is 2. The van der Waals surface area contributed by atoms with E-state index in [-0.39, 0.29) is 24.1 Å². The predicted octanol–water partition coefficient (Wildman–Crippen LogP) is 3.28. The van der Waals surface area contributed by atoms with Crippen LogP contribution in [0.3, 0.4) is 0 Å². The Bertz CT molecular complexity index is 918. The maximum absolute atomic E-state index is 12.6. The predicted molar refractivity (Wildman–Crippen MR) is 105 cm³/mol. The number of anilines is 1. The van der Waals surface area contributed by atoms with Gasteiger partial charge in [-0.2, -0.15) is 5.10 Å². The fourth-order valence-corrected chi connectivity index (χ4v) is 2.97. The minimum Gasteiger partial charge on any atom is -0.467 e. The van der Waals surface area contributed by atoms with Crippen LogP contribution in [0.15, 0.2) is 53.3 Å². The van der Waals surface area contributed by atoms with Crippen LogP contribution in [-0.4, -0.2) is 21.6 Å². The molecule has 2 aromatic heterocycles. The Morgan fingerprint density at radius 2 is 2.00 bits per heavy atom. The summed E-state index contributed by atoms with van der Waals surface area (Å²) in [5, 5.41) is 9.78. The lowest BCUT2D eigenvalue weighted by molar-refractivity contribution is 0.0943. The summed E-state index contributed by atoms with van der Waals surface area (Å²) in [4.78, 5) is 25.0. The highest BCUT2D eigenvalue weighted by Crippen LogP contribution is 2.18. The number of nitrogens with zero attached hydrogens (tertiary/aromatic N) is 2. The van der Waals surface area contributed by atoms with E-state index in [9.17, 15) is 9.59 Å². The minimum absolute atomic E-state index is 0.165. The van der Waals surface area contributed by atoms with Crippen LogP contribution in [0.4, 0.5) is 5.69 Å². The summed E-state index contributed by atoms with van der Waals surface area (Å²) in [5.74, 6) is -0.0323. The molecule has 0 aliphatic carbocycles. The van der Waals surface area contributed by atoms with Gasteiger partial charge in [0.1, 0.15) is 5.76 Å². The number of halogens is 1. The number of benzene rings is 1. The van der Waals surface area contributed by atoms with E-state index >= 15 is 0 Å². The van der Waals surface area contributed by atoms with E-state index in [2.05, 4.69) is 38.3 Å². The summed E-state index contributed by atoms with van der Waals surface area (Å²) in [5.41, 5.74) is 1.07. The van der Waals surface area contributed by atoms with Gasteiger partial charge in [0.05, 0.1) is 24.1 Å². The molecule has 0 aliphatic rings. The van der Waals surface area contributed by atoms with Crippen molar-refractivity contribution in [2.24, 2.45) is 0 Å². The largest absolute Gasteiger partial charge is 0.467 e. The molecule has 2 N–H and O–H groups in total. The molecule has 0 radical (unpaired) electrons. The number of aromatic nitrogens is 2. The summed E-state index contributed by atoms with van der Waals surface area (Å²) in [6.45, 7) is 2.73. The standard InChI is InChI=1S/C18H17IN4O3/c1-2-23-11-15(21-17(24)13-7-3-4-8-14(13)19)16(22-23)18(25)20-10-12-6-5-9-26-12/h3-9,11H,2,10H2,1H3,(H,20,25)(H,21,24). The fraction of sp³-hybridized carbons (Fsp3) is 0.167. The molecule has 2 amide bonds. The van der Waals surface area contributed by atoms with Crippen molar-refractivity contribution in [2.45, 2.75) is 20.0 Å². The van der Waals surface area contributed by atoms with E-state index in [1.54, 1.807) is 41.4 Å². The first kappa shape index (κ1) is 18.2. The van der Waals surface area contributed by atoms with Gasteiger partial charge in [0.15, 0.2) is 5.69 Å². The summed E-state index contributed by atoms with van der Waals surface area (Å²) in [6.07, 6.45) is 3.19. The first-order chi connectivity index (χ1) is 12.6. The number of amides is 2. The highest BCUT2D eigenvalue weighted by molar-refractivity contribution is 14.1. The molecular formula is C18H17IN4O3. The third-order valence-corrected chi connectivity index (χ3v) is 4.61. The van der Waals surface area contributed by atoms with Gasteiger partial charge in [-0.3, -0.25) is 14.3 Å². The zero-order valence-corrected chi connectivity index (χ0v) is 16.2. The van der Waals surface area contributed by atoms with Gasteiger partial charge < -0.3 is 15.1 Å². The van der Waals surface area contributed by atoms with Gasteiger partial charge in [0.25, 0.3) is 11.8 Å². The quantitative estimate of drug-likeness (QED) is 0.549. The van der Waals surface area contributed by atoms with Crippen LogP contribution in [0, 0.1) is 3.57 Å².